The Labute approximate surface area is 112 Å². The highest BCUT2D eigenvalue weighted by Gasteiger charge is 2.34. The first-order valence-corrected chi connectivity index (χ1v) is 5.38. The summed E-state index contributed by atoms with van der Waals surface area (Å²) in [6.07, 6.45) is -3.82. The quantitative estimate of drug-likeness (QED) is 0.863. The van der Waals surface area contributed by atoms with Gasteiger partial charge in [-0.1, -0.05) is 0 Å². The normalized spacial score (nSPS) is 11.8. The van der Waals surface area contributed by atoms with E-state index in [-0.39, 0.29) is 17.7 Å². The predicted molar refractivity (Wildman–Crippen MR) is 63.0 cm³/mol. The molecule has 1 rings (SSSR count). The van der Waals surface area contributed by atoms with E-state index in [0.717, 1.165) is 12.1 Å². The van der Waals surface area contributed by atoms with Gasteiger partial charge in [0, 0.05) is 6.08 Å². The van der Waals surface area contributed by atoms with Gasteiger partial charge >= 0.3 is 12.1 Å². The topological polar surface area (TPSA) is 70.3 Å². The van der Waals surface area contributed by atoms with Crippen molar-refractivity contribution in [3.63, 3.8) is 0 Å². The lowest BCUT2D eigenvalue weighted by Crippen LogP contribution is -2.10. The highest BCUT2D eigenvalue weighted by molar-refractivity contribution is 5.80. The monoisotopic (exact) mass is 285 g/mol. The molecule has 0 unspecified atom stereocenters. The Balaban J connectivity index is 3.01. The van der Waals surface area contributed by atoms with Crippen LogP contribution in [0.4, 0.5) is 13.2 Å². The standard InChI is InChI=1S/C13H10F3NO3/c1-8(4-12(18)19)7-20-11-3-2-9(6-17)5-10(11)13(14,15)16/h2-5H,7H2,1H3,(H,18,19)/b8-4-. The van der Waals surface area contributed by atoms with Crippen LogP contribution >= 0.6 is 0 Å². The second-order valence-corrected chi connectivity index (χ2v) is 3.94. The minimum Gasteiger partial charge on any atom is -0.489 e. The number of alkyl halides is 3. The Hall–Kier alpha value is -2.49. The average Bonchev–Trinajstić information content (AvgIpc) is 2.34. The first-order chi connectivity index (χ1) is 9.24. The minimum atomic E-state index is -4.66. The number of hydrogen-bond donors (Lipinski definition) is 1. The lowest BCUT2D eigenvalue weighted by Gasteiger charge is -2.14. The molecule has 4 nitrogen and oxygen atoms in total. The van der Waals surface area contributed by atoms with E-state index in [0.29, 0.717) is 6.07 Å². The van der Waals surface area contributed by atoms with Gasteiger partial charge in [0.25, 0.3) is 0 Å². The first kappa shape index (κ1) is 15.6. The van der Waals surface area contributed by atoms with Gasteiger partial charge in [-0.15, -0.1) is 0 Å². The Bertz CT molecular complexity index is 586. The van der Waals surface area contributed by atoms with Gasteiger partial charge in [-0.3, -0.25) is 0 Å². The van der Waals surface area contributed by atoms with E-state index < -0.39 is 23.5 Å². The molecule has 1 aromatic carbocycles. The molecule has 0 saturated carbocycles. The van der Waals surface area contributed by atoms with Crippen molar-refractivity contribution in [1.82, 2.24) is 0 Å². The largest absolute Gasteiger partial charge is 0.489 e. The fourth-order valence-corrected chi connectivity index (χ4v) is 1.39. The van der Waals surface area contributed by atoms with E-state index in [2.05, 4.69) is 0 Å². The highest BCUT2D eigenvalue weighted by atomic mass is 19.4. The fraction of sp³-hybridized carbons (Fsp3) is 0.231. The third-order valence-electron chi connectivity index (χ3n) is 2.24. The van der Waals surface area contributed by atoms with Crippen molar-refractivity contribution in [3.05, 3.63) is 41.0 Å². The van der Waals surface area contributed by atoms with Crippen LogP contribution in [0, 0.1) is 11.3 Å². The summed E-state index contributed by atoms with van der Waals surface area (Å²) in [5, 5.41) is 17.1. The maximum absolute atomic E-state index is 12.8. The number of hydrogen-bond acceptors (Lipinski definition) is 3. The van der Waals surface area contributed by atoms with E-state index >= 15 is 0 Å². The Kier molecular flexibility index (Phi) is 4.75. The molecule has 1 aromatic rings. The summed E-state index contributed by atoms with van der Waals surface area (Å²) in [4.78, 5) is 10.4. The zero-order chi connectivity index (χ0) is 15.3. The van der Waals surface area contributed by atoms with Gasteiger partial charge in [0.05, 0.1) is 17.2 Å². The van der Waals surface area contributed by atoms with E-state index in [4.69, 9.17) is 15.1 Å². The highest BCUT2D eigenvalue weighted by Crippen LogP contribution is 2.36. The average molecular weight is 285 g/mol. The molecular formula is C13H10F3NO3. The second-order valence-electron chi connectivity index (χ2n) is 3.94. The zero-order valence-corrected chi connectivity index (χ0v) is 10.4. The van der Waals surface area contributed by atoms with Crippen LogP contribution < -0.4 is 4.74 Å². The van der Waals surface area contributed by atoms with Gasteiger partial charge in [-0.2, -0.15) is 18.4 Å². The van der Waals surface area contributed by atoms with Gasteiger partial charge in [0.2, 0.25) is 0 Å². The number of rotatable bonds is 4. The number of nitriles is 1. The molecule has 0 fully saturated rings. The number of aliphatic carboxylic acids is 1. The minimum absolute atomic E-state index is 0.137. The van der Waals surface area contributed by atoms with Crippen molar-refractivity contribution in [2.75, 3.05) is 6.61 Å². The molecule has 0 aliphatic heterocycles. The molecule has 0 spiro atoms. The third kappa shape index (κ3) is 4.31. The number of carbonyl (C=O) groups is 1. The molecule has 20 heavy (non-hydrogen) atoms. The summed E-state index contributed by atoms with van der Waals surface area (Å²) in [6, 6.07) is 4.53. The lowest BCUT2D eigenvalue weighted by molar-refractivity contribution is -0.139. The third-order valence-corrected chi connectivity index (χ3v) is 2.24. The molecule has 0 amide bonds. The molecule has 0 atom stereocenters. The first-order valence-electron chi connectivity index (χ1n) is 5.38. The number of halogens is 3. The molecule has 0 radical (unpaired) electrons. The molecule has 0 heterocycles. The molecule has 0 bridgehead atoms. The SMILES string of the molecule is C/C(=C/C(=O)O)COc1ccc(C#N)cc1C(F)(F)F. The summed E-state index contributed by atoms with van der Waals surface area (Å²) in [5.41, 5.74) is -0.947. The van der Waals surface area contributed by atoms with E-state index in [1.165, 1.54) is 13.0 Å². The fourth-order valence-electron chi connectivity index (χ4n) is 1.39. The Morgan fingerprint density at radius 3 is 2.65 bits per heavy atom. The maximum Gasteiger partial charge on any atom is 0.420 e. The zero-order valence-electron chi connectivity index (χ0n) is 10.4. The van der Waals surface area contributed by atoms with Crippen molar-refractivity contribution in [3.8, 4) is 11.8 Å². The number of nitrogens with zero attached hydrogens (tertiary/aromatic N) is 1. The second kappa shape index (κ2) is 6.10. The van der Waals surface area contributed by atoms with Crippen LogP contribution in [0.15, 0.2) is 29.8 Å². The molecule has 0 aliphatic rings. The number of carboxylic acid groups (broad SMARTS) is 1. The van der Waals surface area contributed by atoms with Crippen LogP contribution in [0.2, 0.25) is 0 Å². The van der Waals surface area contributed by atoms with Gasteiger partial charge in [0.15, 0.2) is 0 Å². The Morgan fingerprint density at radius 1 is 1.50 bits per heavy atom. The van der Waals surface area contributed by atoms with E-state index in [9.17, 15) is 18.0 Å². The molecule has 1 N–H and O–H groups in total. The van der Waals surface area contributed by atoms with Crippen LogP contribution in [0.5, 0.6) is 5.75 Å². The van der Waals surface area contributed by atoms with E-state index in [1.54, 1.807) is 6.07 Å². The van der Waals surface area contributed by atoms with Crippen LogP contribution in [0.1, 0.15) is 18.1 Å². The summed E-state index contributed by atoms with van der Waals surface area (Å²) in [7, 11) is 0. The summed E-state index contributed by atoms with van der Waals surface area (Å²) in [5.74, 6) is -1.66. The predicted octanol–water partition coefficient (Wildman–Crippen LogP) is 2.99. The van der Waals surface area contributed by atoms with Gasteiger partial charge in [0.1, 0.15) is 12.4 Å². The van der Waals surface area contributed by atoms with Gasteiger partial charge < -0.3 is 9.84 Å². The van der Waals surface area contributed by atoms with Gasteiger partial charge in [-0.25, -0.2) is 4.79 Å². The molecular weight excluding hydrogens is 275 g/mol. The van der Waals surface area contributed by atoms with Crippen molar-refractivity contribution in [2.24, 2.45) is 0 Å². The van der Waals surface area contributed by atoms with Crippen molar-refractivity contribution >= 4 is 5.97 Å². The summed E-state index contributed by atoms with van der Waals surface area (Å²) in [6.45, 7) is 1.13. The number of benzene rings is 1. The van der Waals surface area contributed by atoms with Crippen molar-refractivity contribution < 1.29 is 27.8 Å². The molecule has 0 saturated heterocycles. The van der Waals surface area contributed by atoms with Crippen LogP contribution in [-0.2, 0) is 11.0 Å². The van der Waals surface area contributed by atoms with Crippen molar-refractivity contribution in [2.45, 2.75) is 13.1 Å². The van der Waals surface area contributed by atoms with Crippen molar-refractivity contribution in [1.29, 1.82) is 5.26 Å². The van der Waals surface area contributed by atoms with Gasteiger partial charge in [-0.05, 0) is 30.7 Å². The number of carboxylic acids is 1. The Morgan fingerprint density at radius 2 is 2.15 bits per heavy atom. The molecule has 106 valence electrons. The smallest absolute Gasteiger partial charge is 0.420 e. The van der Waals surface area contributed by atoms with Crippen LogP contribution in [-0.4, -0.2) is 17.7 Å². The molecule has 7 heteroatoms. The maximum atomic E-state index is 12.8. The summed E-state index contributed by atoms with van der Waals surface area (Å²) < 4.78 is 43.4. The van der Waals surface area contributed by atoms with E-state index in [1.807, 2.05) is 0 Å². The molecule has 0 aliphatic carbocycles. The number of ether oxygens (including phenoxy) is 1. The molecule has 0 aromatic heterocycles. The summed E-state index contributed by atoms with van der Waals surface area (Å²) >= 11 is 0. The lowest BCUT2D eigenvalue weighted by atomic mass is 10.1. The van der Waals surface area contributed by atoms with Crippen LogP contribution in [0.25, 0.3) is 0 Å². The van der Waals surface area contributed by atoms with Crippen LogP contribution in [0.3, 0.4) is 0 Å².